The third kappa shape index (κ3) is 13.2. The molecule has 0 atom stereocenters. The Balaban J connectivity index is 3.45. The van der Waals surface area contributed by atoms with E-state index in [2.05, 4.69) is 0 Å². The van der Waals surface area contributed by atoms with Crippen LogP contribution in [0.3, 0.4) is 0 Å². The molecule has 48 heavy (non-hydrogen) atoms. The summed E-state index contributed by atoms with van der Waals surface area (Å²) in [5.74, 6) is -1.65. The van der Waals surface area contributed by atoms with Crippen LogP contribution in [0.1, 0.15) is 83.1 Å². The molecule has 0 saturated carbocycles. The molecule has 0 radical (unpaired) electrons. The van der Waals surface area contributed by atoms with E-state index < -0.39 is 32.1 Å². The lowest BCUT2D eigenvalue weighted by Gasteiger charge is -2.28. The van der Waals surface area contributed by atoms with Crippen molar-refractivity contribution in [2.45, 2.75) is 97.3 Å². The van der Waals surface area contributed by atoms with Crippen molar-refractivity contribution in [1.29, 1.82) is 0 Å². The van der Waals surface area contributed by atoms with Crippen LogP contribution in [0, 0.1) is 0 Å². The van der Waals surface area contributed by atoms with Crippen molar-refractivity contribution < 1.29 is 28.6 Å². The second-order valence-corrected chi connectivity index (χ2v) is 18.7. The van der Waals surface area contributed by atoms with Gasteiger partial charge in [-0.1, -0.05) is 71.9 Å². The number of carbonyl (C=O) groups excluding carboxylic acids is 3. The summed E-state index contributed by atoms with van der Waals surface area (Å²) in [6.07, 6.45) is 0. The molecule has 0 saturated heterocycles. The number of hydrogen-bond donors (Lipinski definition) is 0. The Hall–Kier alpha value is -1.65. The summed E-state index contributed by atoms with van der Waals surface area (Å²) in [5, 5.41) is 0. The minimum atomic E-state index is -1.05. The first-order valence-corrected chi connectivity index (χ1v) is 19.6. The van der Waals surface area contributed by atoms with E-state index >= 15 is 0 Å². The number of nitrogens with zero attached hydrogens (tertiary/aromatic N) is 3. The summed E-state index contributed by atoms with van der Waals surface area (Å²) in [6.45, 7) is 26.5. The normalized spacial score (nSPS) is 11.8. The standard InChI is InChI=1S/C33H51N3O6S6/c1-13-34(14-2)28(43)46-31(7,8)25(37)40-22-19-23(41-26(38)32(9,10)47-29(44)35(15-3)16-4)21-24(20-22)42-27(39)33(11,12)48-30(45)36(17-5)18-6/h19-21H,13-18H2,1-12H3. The van der Waals surface area contributed by atoms with Crippen molar-refractivity contribution >= 4 is 103 Å². The molecule has 1 rings (SSSR count). The van der Waals surface area contributed by atoms with Crippen LogP contribution in [0.4, 0.5) is 0 Å². The van der Waals surface area contributed by atoms with E-state index in [0.29, 0.717) is 52.2 Å². The monoisotopic (exact) mass is 777 g/mol. The Labute approximate surface area is 316 Å². The topological polar surface area (TPSA) is 88.6 Å². The minimum Gasteiger partial charge on any atom is -0.425 e. The highest BCUT2D eigenvalue weighted by molar-refractivity contribution is 8.25. The highest BCUT2D eigenvalue weighted by Gasteiger charge is 2.37. The average molecular weight is 778 g/mol. The Morgan fingerprint density at radius 3 is 0.854 bits per heavy atom. The van der Waals surface area contributed by atoms with Crippen LogP contribution in [-0.4, -0.2) is 99.1 Å². The molecule has 0 heterocycles. The van der Waals surface area contributed by atoms with Crippen LogP contribution < -0.4 is 14.2 Å². The molecule has 0 fully saturated rings. The minimum absolute atomic E-state index is 0.0313. The first-order valence-electron chi connectivity index (χ1n) is 16.0. The number of esters is 3. The Kier molecular flexibility index (Phi) is 18.2. The van der Waals surface area contributed by atoms with Gasteiger partial charge in [0.2, 0.25) is 0 Å². The Bertz CT molecular complexity index is 1160. The van der Waals surface area contributed by atoms with Gasteiger partial charge in [-0.25, -0.2) is 0 Å². The quantitative estimate of drug-likeness (QED) is 0.0985. The predicted octanol–water partition coefficient (Wildman–Crippen LogP) is 7.82. The molecule has 9 nitrogen and oxygen atoms in total. The predicted molar refractivity (Wildman–Crippen MR) is 215 cm³/mol. The van der Waals surface area contributed by atoms with Crippen LogP contribution in [0.2, 0.25) is 0 Å². The molecule has 1 aromatic carbocycles. The van der Waals surface area contributed by atoms with Gasteiger partial charge in [-0.15, -0.1) is 0 Å². The molecule has 0 aliphatic carbocycles. The van der Waals surface area contributed by atoms with Crippen molar-refractivity contribution in [3.05, 3.63) is 18.2 Å². The molecule has 0 bridgehead atoms. The lowest BCUT2D eigenvalue weighted by Crippen LogP contribution is -2.38. The molecule has 0 aliphatic rings. The van der Waals surface area contributed by atoms with E-state index in [1.807, 2.05) is 56.2 Å². The molecule has 15 heteroatoms. The van der Waals surface area contributed by atoms with Crippen LogP contribution >= 0.6 is 71.9 Å². The van der Waals surface area contributed by atoms with Gasteiger partial charge in [0, 0.05) is 57.5 Å². The molecule has 0 unspecified atom stereocenters. The molecule has 0 amide bonds. The largest absolute Gasteiger partial charge is 0.425 e. The maximum atomic E-state index is 13.5. The maximum Gasteiger partial charge on any atom is 0.327 e. The maximum absolute atomic E-state index is 13.5. The highest BCUT2D eigenvalue weighted by atomic mass is 32.2. The molecule has 0 N–H and O–H groups in total. The zero-order valence-electron chi connectivity index (χ0n) is 30.2. The fourth-order valence-electron chi connectivity index (χ4n) is 3.83. The van der Waals surface area contributed by atoms with Crippen LogP contribution in [0.15, 0.2) is 18.2 Å². The van der Waals surface area contributed by atoms with Crippen molar-refractivity contribution in [2.75, 3.05) is 39.3 Å². The second kappa shape index (κ2) is 19.7. The van der Waals surface area contributed by atoms with Crippen molar-refractivity contribution in [2.24, 2.45) is 0 Å². The highest BCUT2D eigenvalue weighted by Crippen LogP contribution is 2.36. The second-order valence-electron chi connectivity index (χ2n) is 12.0. The zero-order chi connectivity index (χ0) is 37.0. The smallest absolute Gasteiger partial charge is 0.327 e. The van der Waals surface area contributed by atoms with Gasteiger partial charge in [0.05, 0.1) is 0 Å². The van der Waals surface area contributed by atoms with E-state index in [1.54, 1.807) is 41.5 Å². The van der Waals surface area contributed by atoms with Gasteiger partial charge in [-0.05, 0) is 83.1 Å². The van der Waals surface area contributed by atoms with Gasteiger partial charge < -0.3 is 28.9 Å². The SMILES string of the molecule is CCN(CC)C(=S)SC(C)(C)C(=O)Oc1cc(OC(=O)C(C)(C)SC(=S)N(CC)CC)cc(OC(=O)C(C)(C)SC(=S)N(CC)CC)c1. The van der Waals surface area contributed by atoms with Crippen LogP contribution in [-0.2, 0) is 14.4 Å². The van der Waals surface area contributed by atoms with E-state index in [0.717, 1.165) is 0 Å². The summed E-state index contributed by atoms with van der Waals surface area (Å²) in [7, 11) is 0. The zero-order valence-corrected chi connectivity index (χ0v) is 35.1. The van der Waals surface area contributed by atoms with E-state index in [1.165, 1.54) is 53.5 Å². The van der Waals surface area contributed by atoms with E-state index in [-0.39, 0.29) is 17.2 Å². The van der Waals surface area contributed by atoms with Crippen molar-refractivity contribution in [1.82, 2.24) is 14.7 Å². The Morgan fingerprint density at radius 2 is 0.688 bits per heavy atom. The summed E-state index contributed by atoms with van der Waals surface area (Å²) >= 11 is 20.4. The van der Waals surface area contributed by atoms with E-state index in [9.17, 15) is 14.4 Å². The van der Waals surface area contributed by atoms with Gasteiger partial charge in [-0.2, -0.15) is 0 Å². The lowest BCUT2D eigenvalue weighted by molar-refractivity contribution is -0.136. The fraction of sp³-hybridized carbons (Fsp3) is 0.636. The summed E-state index contributed by atoms with van der Waals surface area (Å²) in [6, 6.07) is 4.24. The van der Waals surface area contributed by atoms with Gasteiger partial charge in [-0.3, -0.25) is 14.4 Å². The van der Waals surface area contributed by atoms with Gasteiger partial charge in [0.25, 0.3) is 0 Å². The molecule has 0 aromatic heterocycles. The number of carbonyl (C=O) groups is 3. The van der Waals surface area contributed by atoms with Crippen LogP contribution in [0.5, 0.6) is 17.2 Å². The first kappa shape index (κ1) is 44.4. The number of ether oxygens (including phenoxy) is 3. The van der Waals surface area contributed by atoms with Crippen molar-refractivity contribution in [3.8, 4) is 17.2 Å². The van der Waals surface area contributed by atoms with Gasteiger partial charge >= 0.3 is 17.9 Å². The summed E-state index contributed by atoms with van der Waals surface area (Å²) in [5.41, 5.74) is 0. The number of hydrogen-bond acceptors (Lipinski definition) is 12. The van der Waals surface area contributed by atoms with Gasteiger partial charge in [0.1, 0.15) is 44.5 Å². The molecular weight excluding hydrogens is 727 g/mol. The third-order valence-electron chi connectivity index (χ3n) is 7.05. The molecule has 1 aromatic rings. The summed E-state index contributed by atoms with van der Waals surface area (Å²) in [4.78, 5) is 46.3. The molecular formula is C33H51N3O6S6. The fourth-order valence-corrected chi connectivity index (χ4v) is 9.33. The first-order chi connectivity index (χ1) is 22.2. The third-order valence-corrected chi connectivity index (χ3v) is 11.9. The summed E-state index contributed by atoms with van der Waals surface area (Å²) < 4.78 is 16.0. The molecule has 270 valence electrons. The number of thioether (sulfide) groups is 3. The number of thiocarbonyl (C=S) groups is 3. The number of benzene rings is 1. The average Bonchev–Trinajstić information content (AvgIpc) is 2.98. The lowest BCUT2D eigenvalue weighted by atomic mass is 10.2. The Morgan fingerprint density at radius 1 is 0.500 bits per heavy atom. The molecule has 0 aliphatic heterocycles. The van der Waals surface area contributed by atoms with Crippen molar-refractivity contribution in [3.63, 3.8) is 0 Å². The molecule has 0 spiro atoms. The number of rotatable bonds is 15. The van der Waals surface area contributed by atoms with Crippen LogP contribution in [0.25, 0.3) is 0 Å². The van der Waals surface area contributed by atoms with E-state index in [4.69, 9.17) is 50.9 Å². The van der Waals surface area contributed by atoms with Gasteiger partial charge in [0.15, 0.2) is 0 Å².